The third-order valence-corrected chi connectivity index (χ3v) is 5.39. The first-order chi connectivity index (χ1) is 11.9. The molecule has 132 valence electrons. The summed E-state index contributed by atoms with van der Waals surface area (Å²) in [6, 6.07) is 9.84. The van der Waals surface area contributed by atoms with Crippen molar-refractivity contribution in [1.82, 2.24) is 10.2 Å². The smallest absolute Gasteiger partial charge is 0.318 e. The molecule has 25 heavy (non-hydrogen) atoms. The molecule has 0 saturated carbocycles. The van der Waals surface area contributed by atoms with Gasteiger partial charge >= 0.3 is 6.03 Å². The summed E-state index contributed by atoms with van der Waals surface area (Å²) in [6.45, 7) is 7.16. The summed E-state index contributed by atoms with van der Waals surface area (Å²) in [7, 11) is 0. The van der Waals surface area contributed by atoms with E-state index < -0.39 is 0 Å². The average Bonchev–Trinajstić information content (AvgIpc) is 3.08. The average molecular weight is 357 g/mol. The highest BCUT2D eigenvalue weighted by molar-refractivity contribution is 7.10. The Balaban J connectivity index is 1.63. The van der Waals surface area contributed by atoms with Gasteiger partial charge in [-0.25, -0.2) is 4.79 Å². The molecular weight excluding hydrogens is 334 g/mol. The highest BCUT2D eigenvalue weighted by Crippen LogP contribution is 2.22. The Bertz CT molecular complexity index is 753. The van der Waals surface area contributed by atoms with Crippen molar-refractivity contribution < 1.29 is 9.59 Å². The first-order valence-electron chi connectivity index (χ1n) is 8.41. The third kappa shape index (κ3) is 4.02. The van der Waals surface area contributed by atoms with Crippen LogP contribution in [0.3, 0.4) is 0 Å². The van der Waals surface area contributed by atoms with E-state index in [1.165, 1.54) is 0 Å². The van der Waals surface area contributed by atoms with Crippen LogP contribution in [-0.2, 0) is 4.79 Å². The van der Waals surface area contributed by atoms with E-state index in [1.54, 1.807) is 21.1 Å². The molecule has 5 nitrogen and oxygen atoms in total. The maximum atomic E-state index is 12.6. The summed E-state index contributed by atoms with van der Waals surface area (Å²) in [6.07, 6.45) is 0. The molecule has 3 rings (SSSR count). The number of amides is 3. The predicted octanol–water partition coefficient (Wildman–Crippen LogP) is 3.48. The maximum absolute atomic E-state index is 12.6. The molecule has 1 atom stereocenters. The van der Waals surface area contributed by atoms with Crippen LogP contribution >= 0.6 is 11.3 Å². The normalized spacial score (nSPS) is 16.0. The molecule has 6 heteroatoms. The standard InChI is InChI=1S/C19H23N3O2S/c1-13-9-14(2)11-16(10-13)22-7-6-21(12-18(22)23)19(24)20-15(3)17-5-4-8-25-17/h4-5,8-11,15H,6-7,12H2,1-3H3,(H,20,24). The Kier molecular flexibility index (Phi) is 5.08. The molecular formula is C19H23N3O2S. The fourth-order valence-electron chi connectivity index (χ4n) is 3.11. The highest BCUT2D eigenvalue weighted by Gasteiger charge is 2.28. The third-order valence-electron chi connectivity index (χ3n) is 4.34. The fraction of sp³-hybridized carbons (Fsp3) is 0.368. The van der Waals surface area contributed by atoms with Gasteiger partial charge in [0, 0.05) is 23.7 Å². The number of rotatable bonds is 3. The zero-order chi connectivity index (χ0) is 18.0. The van der Waals surface area contributed by atoms with E-state index in [0.29, 0.717) is 13.1 Å². The van der Waals surface area contributed by atoms with E-state index in [2.05, 4.69) is 11.4 Å². The summed E-state index contributed by atoms with van der Waals surface area (Å²) in [5, 5.41) is 4.96. The first kappa shape index (κ1) is 17.5. The second kappa shape index (κ2) is 7.27. The minimum Gasteiger partial charge on any atom is -0.331 e. The number of carbonyl (C=O) groups is 2. The number of aryl methyl sites for hydroxylation is 2. The SMILES string of the molecule is Cc1cc(C)cc(N2CCN(C(=O)NC(C)c3cccs3)CC2=O)c1. The molecule has 0 spiro atoms. The second-order valence-corrected chi connectivity index (χ2v) is 7.48. The van der Waals surface area contributed by atoms with Gasteiger partial charge in [-0.2, -0.15) is 0 Å². The summed E-state index contributed by atoms with van der Waals surface area (Å²) in [4.78, 5) is 29.5. The number of benzene rings is 1. The molecule has 1 unspecified atom stereocenters. The summed E-state index contributed by atoms with van der Waals surface area (Å²) >= 11 is 1.61. The molecule has 1 aromatic heterocycles. The Hall–Kier alpha value is -2.34. The van der Waals surface area contributed by atoms with Gasteiger partial charge in [-0.3, -0.25) is 4.79 Å². The highest BCUT2D eigenvalue weighted by atomic mass is 32.1. The van der Waals surface area contributed by atoms with E-state index in [9.17, 15) is 9.59 Å². The first-order valence-corrected chi connectivity index (χ1v) is 9.29. The Morgan fingerprint density at radius 3 is 2.52 bits per heavy atom. The van der Waals surface area contributed by atoms with Gasteiger partial charge in [0.15, 0.2) is 0 Å². The number of nitrogens with one attached hydrogen (secondary N) is 1. The number of piperazine rings is 1. The lowest BCUT2D eigenvalue weighted by Gasteiger charge is -2.35. The van der Waals surface area contributed by atoms with Gasteiger partial charge in [0.1, 0.15) is 6.54 Å². The zero-order valence-corrected chi connectivity index (χ0v) is 15.6. The lowest BCUT2D eigenvalue weighted by molar-refractivity contribution is -0.120. The number of anilines is 1. The summed E-state index contributed by atoms with van der Waals surface area (Å²) < 4.78 is 0. The van der Waals surface area contributed by atoms with Crippen LogP contribution in [0.15, 0.2) is 35.7 Å². The molecule has 1 aromatic carbocycles. The van der Waals surface area contributed by atoms with Gasteiger partial charge in [0.05, 0.1) is 6.04 Å². The molecule has 1 aliphatic rings. The molecule has 1 fully saturated rings. The molecule has 0 aliphatic carbocycles. The van der Waals surface area contributed by atoms with Gasteiger partial charge in [0.25, 0.3) is 0 Å². The van der Waals surface area contributed by atoms with Crippen LogP contribution in [-0.4, -0.2) is 36.5 Å². The van der Waals surface area contributed by atoms with Crippen molar-refractivity contribution in [2.75, 3.05) is 24.5 Å². The molecule has 3 amide bonds. The predicted molar refractivity (Wildman–Crippen MR) is 101 cm³/mol. The topological polar surface area (TPSA) is 52.6 Å². The number of nitrogens with zero attached hydrogens (tertiary/aromatic N) is 2. The number of carbonyl (C=O) groups excluding carboxylic acids is 2. The second-order valence-electron chi connectivity index (χ2n) is 6.50. The van der Waals surface area contributed by atoms with E-state index in [1.807, 2.05) is 50.4 Å². The molecule has 2 heterocycles. The number of urea groups is 1. The molecule has 1 N–H and O–H groups in total. The maximum Gasteiger partial charge on any atom is 0.318 e. The fourth-order valence-corrected chi connectivity index (χ4v) is 3.85. The lowest BCUT2D eigenvalue weighted by Crippen LogP contribution is -2.55. The molecule has 1 saturated heterocycles. The van der Waals surface area contributed by atoms with E-state index in [0.717, 1.165) is 21.7 Å². The van der Waals surface area contributed by atoms with E-state index >= 15 is 0 Å². The van der Waals surface area contributed by atoms with Gasteiger partial charge in [0.2, 0.25) is 5.91 Å². The summed E-state index contributed by atoms with van der Waals surface area (Å²) in [5.41, 5.74) is 3.18. The molecule has 2 aromatic rings. The van der Waals surface area contributed by atoms with Crippen LogP contribution in [0.2, 0.25) is 0 Å². The number of hydrogen-bond donors (Lipinski definition) is 1. The van der Waals surface area contributed by atoms with Crippen molar-refractivity contribution in [1.29, 1.82) is 0 Å². The molecule has 0 radical (unpaired) electrons. The van der Waals surface area contributed by atoms with Crippen LogP contribution in [0.25, 0.3) is 0 Å². The van der Waals surface area contributed by atoms with Crippen molar-refractivity contribution in [3.63, 3.8) is 0 Å². The zero-order valence-electron chi connectivity index (χ0n) is 14.8. The lowest BCUT2D eigenvalue weighted by atomic mass is 10.1. The van der Waals surface area contributed by atoms with Gasteiger partial charge in [-0.15, -0.1) is 11.3 Å². The quantitative estimate of drug-likeness (QED) is 0.914. The van der Waals surface area contributed by atoms with Crippen molar-refractivity contribution in [2.45, 2.75) is 26.8 Å². The minimum absolute atomic E-state index is 0.0461. The van der Waals surface area contributed by atoms with Crippen LogP contribution < -0.4 is 10.2 Å². The van der Waals surface area contributed by atoms with Crippen molar-refractivity contribution in [3.05, 3.63) is 51.7 Å². The van der Waals surface area contributed by atoms with Crippen LogP contribution in [0.1, 0.15) is 29.0 Å². The van der Waals surface area contributed by atoms with Crippen LogP contribution in [0, 0.1) is 13.8 Å². The van der Waals surface area contributed by atoms with Crippen LogP contribution in [0.4, 0.5) is 10.5 Å². The summed E-state index contributed by atoms with van der Waals surface area (Å²) in [5.74, 6) is -0.0461. The van der Waals surface area contributed by atoms with Gasteiger partial charge in [-0.1, -0.05) is 12.1 Å². The Morgan fingerprint density at radius 2 is 1.92 bits per heavy atom. The monoisotopic (exact) mass is 357 g/mol. The molecule has 1 aliphatic heterocycles. The number of hydrogen-bond acceptors (Lipinski definition) is 3. The largest absolute Gasteiger partial charge is 0.331 e. The van der Waals surface area contributed by atoms with Crippen molar-refractivity contribution in [3.8, 4) is 0 Å². The van der Waals surface area contributed by atoms with Crippen LogP contribution in [0.5, 0.6) is 0 Å². The minimum atomic E-state index is -0.186. The van der Waals surface area contributed by atoms with Gasteiger partial charge in [-0.05, 0) is 55.5 Å². The van der Waals surface area contributed by atoms with Crippen molar-refractivity contribution >= 4 is 29.0 Å². The van der Waals surface area contributed by atoms with Crippen molar-refractivity contribution in [2.24, 2.45) is 0 Å². The van der Waals surface area contributed by atoms with E-state index in [4.69, 9.17) is 0 Å². The Labute approximate surface area is 152 Å². The van der Waals surface area contributed by atoms with E-state index in [-0.39, 0.29) is 24.5 Å². The van der Waals surface area contributed by atoms with Gasteiger partial charge < -0.3 is 15.1 Å². The number of thiophene rings is 1. The Morgan fingerprint density at radius 1 is 1.20 bits per heavy atom. The molecule has 0 bridgehead atoms.